The Hall–Kier alpha value is -2.33. The van der Waals surface area contributed by atoms with Crippen LogP contribution >= 0.6 is 11.6 Å². The maximum atomic E-state index is 12.3. The number of carbonyl (C=O) groups is 2. The highest BCUT2D eigenvalue weighted by molar-refractivity contribution is 6.31. The van der Waals surface area contributed by atoms with Crippen molar-refractivity contribution >= 4 is 29.2 Å². The second kappa shape index (κ2) is 7.79. The summed E-state index contributed by atoms with van der Waals surface area (Å²) < 4.78 is 0. The number of aromatic carboxylic acids is 1. The fourth-order valence-electron chi connectivity index (χ4n) is 2.20. The van der Waals surface area contributed by atoms with Gasteiger partial charge in [-0.15, -0.1) is 0 Å². The van der Waals surface area contributed by atoms with Crippen LogP contribution in [0.25, 0.3) is 0 Å². The van der Waals surface area contributed by atoms with Gasteiger partial charge in [0.15, 0.2) is 0 Å². The van der Waals surface area contributed by atoms with Crippen LogP contribution in [0.1, 0.15) is 46.0 Å². The fourth-order valence-corrected chi connectivity index (χ4v) is 2.38. The van der Waals surface area contributed by atoms with Gasteiger partial charge in [-0.3, -0.25) is 4.79 Å². The van der Waals surface area contributed by atoms with E-state index in [2.05, 4.69) is 12.2 Å². The molecule has 0 aliphatic heterocycles. The van der Waals surface area contributed by atoms with Gasteiger partial charge in [0, 0.05) is 10.6 Å². The van der Waals surface area contributed by atoms with Crippen LogP contribution in [0.3, 0.4) is 0 Å². The van der Waals surface area contributed by atoms with Gasteiger partial charge in [-0.1, -0.05) is 37.1 Å². The van der Waals surface area contributed by atoms with Crippen molar-refractivity contribution < 1.29 is 14.7 Å². The molecule has 0 fully saturated rings. The number of halogens is 1. The van der Waals surface area contributed by atoms with Crippen LogP contribution in [0.2, 0.25) is 5.02 Å². The number of carboxylic acid groups (broad SMARTS) is 1. The summed E-state index contributed by atoms with van der Waals surface area (Å²) in [5.41, 5.74) is 1.84. The van der Waals surface area contributed by atoms with E-state index in [4.69, 9.17) is 16.7 Å². The SMILES string of the molecule is CCCCc1ccc(C(=O)Nc2cc(Cl)ccc2C(=O)O)cc1. The van der Waals surface area contributed by atoms with Crippen molar-refractivity contribution in [3.8, 4) is 0 Å². The monoisotopic (exact) mass is 331 g/mol. The third-order valence-electron chi connectivity index (χ3n) is 3.50. The van der Waals surface area contributed by atoms with Crippen molar-refractivity contribution in [2.45, 2.75) is 26.2 Å². The van der Waals surface area contributed by atoms with Crippen LogP contribution in [0.15, 0.2) is 42.5 Å². The average Bonchev–Trinajstić information content (AvgIpc) is 2.53. The molecule has 0 bridgehead atoms. The molecule has 2 rings (SSSR count). The lowest BCUT2D eigenvalue weighted by molar-refractivity contribution is 0.0698. The molecule has 0 atom stereocenters. The number of hydrogen-bond donors (Lipinski definition) is 2. The third kappa shape index (κ3) is 4.57. The number of benzene rings is 2. The fraction of sp³-hybridized carbons (Fsp3) is 0.222. The maximum Gasteiger partial charge on any atom is 0.337 e. The summed E-state index contributed by atoms with van der Waals surface area (Å²) in [6.07, 6.45) is 3.21. The molecule has 120 valence electrons. The number of amides is 1. The van der Waals surface area contributed by atoms with Crippen molar-refractivity contribution in [2.24, 2.45) is 0 Å². The summed E-state index contributed by atoms with van der Waals surface area (Å²) in [5.74, 6) is -1.48. The van der Waals surface area contributed by atoms with Crippen molar-refractivity contribution in [3.05, 3.63) is 64.2 Å². The summed E-state index contributed by atoms with van der Waals surface area (Å²) in [7, 11) is 0. The lowest BCUT2D eigenvalue weighted by Gasteiger charge is -2.09. The van der Waals surface area contributed by atoms with Crippen LogP contribution in [0.4, 0.5) is 5.69 Å². The summed E-state index contributed by atoms with van der Waals surface area (Å²) in [6.45, 7) is 2.13. The Labute approximate surface area is 140 Å². The van der Waals surface area contributed by atoms with Crippen LogP contribution in [-0.2, 0) is 6.42 Å². The zero-order valence-electron chi connectivity index (χ0n) is 12.8. The van der Waals surface area contributed by atoms with Crippen LogP contribution in [0.5, 0.6) is 0 Å². The number of rotatable bonds is 6. The van der Waals surface area contributed by atoms with Crippen molar-refractivity contribution in [3.63, 3.8) is 0 Å². The van der Waals surface area contributed by atoms with Crippen LogP contribution in [0, 0.1) is 0 Å². The minimum absolute atomic E-state index is 0.00214. The molecule has 23 heavy (non-hydrogen) atoms. The molecule has 0 heterocycles. The third-order valence-corrected chi connectivity index (χ3v) is 3.73. The molecular formula is C18H18ClNO3. The van der Waals surface area contributed by atoms with Gasteiger partial charge in [-0.05, 0) is 48.7 Å². The Morgan fingerprint density at radius 2 is 1.83 bits per heavy atom. The van der Waals surface area contributed by atoms with E-state index in [0.29, 0.717) is 10.6 Å². The lowest BCUT2D eigenvalue weighted by Crippen LogP contribution is -2.14. The standard InChI is InChI=1S/C18H18ClNO3/c1-2-3-4-12-5-7-13(8-6-12)17(21)20-16-11-14(19)9-10-15(16)18(22)23/h5-11H,2-4H2,1H3,(H,20,21)(H,22,23). The van der Waals surface area contributed by atoms with Crippen molar-refractivity contribution in [2.75, 3.05) is 5.32 Å². The van der Waals surface area contributed by atoms with Gasteiger partial charge in [0.2, 0.25) is 0 Å². The minimum Gasteiger partial charge on any atom is -0.478 e. The molecule has 0 saturated heterocycles. The minimum atomic E-state index is -1.12. The number of nitrogens with one attached hydrogen (secondary N) is 1. The van der Waals surface area contributed by atoms with E-state index in [1.807, 2.05) is 12.1 Å². The highest BCUT2D eigenvalue weighted by Crippen LogP contribution is 2.22. The predicted molar refractivity (Wildman–Crippen MR) is 91.4 cm³/mol. The lowest BCUT2D eigenvalue weighted by atomic mass is 10.1. The van der Waals surface area contributed by atoms with Crippen LogP contribution in [-0.4, -0.2) is 17.0 Å². The Kier molecular flexibility index (Phi) is 5.77. The normalized spacial score (nSPS) is 10.3. The summed E-state index contributed by atoms with van der Waals surface area (Å²) >= 11 is 5.88. The molecule has 5 heteroatoms. The largest absolute Gasteiger partial charge is 0.478 e. The first-order valence-electron chi connectivity index (χ1n) is 7.44. The van der Waals surface area contributed by atoms with Gasteiger partial charge in [0.05, 0.1) is 11.3 Å². The second-order valence-corrected chi connectivity index (χ2v) is 5.69. The zero-order valence-corrected chi connectivity index (χ0v) is 13.6. The van der Waals surface area contributed by atoms with Gasteiger partial charge in [-0.2, -0.15) is 0 Å². The first-order valence-corrected chi connectivity index (χ1v) is 7.82. The molecular weight excluding hydrogens is 314 g/mol. The van der Waals surface area contributed by atoms with Gasteiger partial charge < -0.3 is 10.4 Å². The molecule has 0 aliphatic rings. The van der Waals surface area contributed by atoms with Crippen molar-refractivity contribution in [1.82, 2.24) is 0 Å². The van der Waals surface area contributed by atoms with E-state index in [0.717, 1.165) is 19.3 Å². The van der Waals surface area contributed by atoms with E-state index >= 15 is 0 Å². The molecule has 2 aromatic carbocycles. The number of anilines is 1. The van der Waals surface area contributed by atoms with E-state index in [-0.39, 0.29) is 17.2 Å². The van der Waals surface area contributed by atoms with Crippen LogP contribution < -0.4 is 5.32 Å². The molecule has 2 aromatic rings. The smallest absolute Gasteiger partial charge is 0.337 e. The Balaban J connectivity index is 2.16. The number of carbonyl (C=O) groups excluding carboxylic acids is 1. The molecule has 0 radical (unpaired) electrons. The second-order valence-electron chi connectivity index (χ2n) is 5.25. The number of hydrogen-bond acceptors (Lipinski definition) is 2. The van der Waals surface area contributed by atoms with Crippen molar-refractivity contribution in [1.29, 1.82) is 0 Å². The average molecular weight is 332 g/mol. The molecule has 0 aliphatic carbocycles. The predicted octanol–water partition coefficient (Wildman–Crippen LogP) is 4.63. The summed E-state index contributed by atoms with van der Waals surface area (Å²) in [4.78, 5) is 23.5. The zero-order chi connectivity index (χ0) is 16.8. The van der Waals surface area contributed by atoms with E-state index in [1.54, 1.807) is 12.1 Å². The maximum absolute atomic E-state index is 12.3. The molecule has 4 nitrogen and oxygen atoms in total. The van der Waals surface area contributed by atoms with E-state index in [9.17, 15) is 9.59 Å². The Morgan fingerprint density at radius 1 is 1.13 bits per heavy atom. The van der Waals surface area contributed by atoms with E-state index < -0.39 is 5.97 Å². The molecule has 0 aromatic heterocycles. The highest BCUT2D eigenvalue weighted by atomic mass is 35.5. The first kappa shape index (κ1) is 17.0. The molecule has 1 amide bonds. The molecule has 0 spiro atoms. The summed E-state index contributed by atoms with van der Waals surface area (Å²) in [5, 5.41) is 12.1. The van der Waals surface area contributed by atoms with E-state index in [1.165, 1.54) is 23.8 Å². The number of aryl methyl sites for hydroxylation is 1. The molecule has 0 unspecified atom stereocenters. The van der Waals surface area contributed by atoms with Gasteiger partial charge in [0.1, 0.15) is 0 Å². The number of unbranched alkanes of at least 4 members (excludes halogenated alkanes) is 1. The Bertz CT molecular complexity index is 711. The van der Waals surface area contributed by atoms with Gasteiger partial charge in [-0.25, -0.2) is 4.79 Å². The first-order chi connectivity index (χ1) is 11.0. The van der Waals surface area contributed by atoms with Gasteiger partial charge >= 0.3 is 5.97 Å². The molecule has 2 N–H and O–H groups in total. The van der Waals surface area contributed by atoms with Gasteiger partial charge in [0.25, 0.3) is 5.91 Å². The summed E-state index contributed by atoms with van der Waals surface area (Å²) in [6, 6.07) is 11.6. The highest BCUT2D eigenvalue weighted by Gasteiger charge is 2.14. The topological polar surface area (TPSA) is 66.4 Å². The number of carboxylic acids is 1. The molecule has 0 saturated carbocycles. The quantitative estimate of drug-likeness (QED) is 0.810. The Morgan fingerprint density at radius 3 is 2.43 bits per heavy atom.